The Bertz CT molecular complexity index is 268. The van der Waals surface area contributed by atoms with E-state index in [1.807, 2.05) is 0 Å². The lowest BCUT2D eigenvalue weighted by Crippen LogP contribution is -2.13. The first kappa shape index (κ1) is 18.3. The van der Waals surface area contributed by atoms with Crippen molar-refractivity contribution in [1.29, 1.82) is 0 Å². The SMILES string of the molecule is CCOC(=O)CC(=O)OCC.O=C(O)CC(=O)O. The van der Waals surface area contributed by atoms with Crippen molar-refractivity contribution in [2.45, 2.75) is 26.7 Å². The van der Waals surface area contributed by atoms with Gasteiger partial charge in [0.05, 0.1) is 13.2 Å². The van der Waals surface area contributed by atoms with Crippen molar-refractivity contribution in [2.75, 3.05) is 13.2 Å². The summed E-state index contributed by atoms with van der Waals surface area (Å²) < 4.78 is 9.04. The highest BCUT2D eigenvalue weighted by Gasteiger charge is 2.09. The Balaban J connectivity index is 0. The summed E-state index contributed by atoms with van der Waals surface area (Å²) in [6.07, 6.45) is -1.10. The van der Waals surface area contributed by atoms with Crippen LogP contribution in [0.3, 0.4) is 0 Å². The monoisotopic (exact) mass is 264 g/mol. The molecule has 0 spiro atoms. The fraction of sp³-hybridized carbons (Fsp3) is 0.600. The molecule has 0 saturated heterocycles. The zero-order valence-corrected chi connectivity index (χ0v) is 10.2. The van der Waals surface area contributed by atoms with Gasteiger partial charge in [-0.15, -0.1) is 0 Å². The second-order valence-corrected chi connectivity index (χ2v) is 2.75. The molecule has 8 nitrogen and oxygen atoms in total. The van der Waals surface area contributed by atoms with Crippen molar-refractivity contribution in [3.05, 3.63) is 0 Å². The minimum atomic E-state index is -1.31. The standard InChI is InChI=1S/C7H12O4.C3H4O4/c1-3-10-6(8)5-7(9)11-4-2;4-2(5)1-3(6)7/h3-5H2,1-2H3;1H2,(H,4,5)(H,6,7). The van der Waals surface area contributed by atoms with Crippen LogP contribution in [0.15, 0.2) is 0 Å². The first-order chi connectivity index (χ1) is 8.33. The van der Waals surface area contributed by atoms with Crippen LogP contribution in [0.1, 0.15) is 26.7 Å². The van der Waals surface area contributed by atoms with Gasteiger partial charge in [0.1, 0.15) is 12.8 Å². The number of esters is 2. The molecule has 0 bridgehead atoms. The van der Waals surface area contributed by atoms with Crippen LogP contribution >= 0.6 is 0 Å². The minimum Gasteiger partial charge on any atom is -0.481 e. The van der Waals surface area contributed by atoms with Crippen molar-refractivity contribution >= 4 is 23.9 Å². The molecule has 0 radical (unpaired) electrons. The number of carboxylic acid groups (broad SMARTS) is 2. The van der Waals surface area contributed by atoms with E-state index in [4.69, 9.17) is 10.2 Å². The zero-order valence-electron chi connectivity index (χ0n) is 10.2. The predicted molar refractivity (Wildman–Crippen MR) is 57.8 cm³/mol. The van der Waals surface area contributed by atoms with E-state index in [1.54, 1.807) is 13.8 Å². The molecular formula is C10H16O8. The van der Waals surface area contributed by atoms with Crippen molar-refractivity contribution in [3.8, 4) is 0 Å². The normalized spacial score (nSPS) is 8.56. The van der Waals surface area contributed by atoms with Crippen LogP contribution in [0.4, 0.5) is 0 Å². The van der Waals surface area contributed by atoms with Crippen molar-refractivity contribution in [2.24, 2.45) is 0 Å². The Morgan fingerprint density at radius 3 is 1.28 bits per heavy atom. The van der Waals surface area contributed by atoms with E-state index < -0.39 is 30.3 Å². The summed E-state index contributed by atoms with van der Waals surface area (Å²) >= 11 is 0. The van der Waals surface area contributed by atoms with E-state index in [-0.39, 0.29) is 19.6 Å². The highest BCUT2D eigenvalue weighted by atomic mass is 16.6. The van der Waals surface area contributed by atoms with E-state index >= 15 is 0 Å². The molecule has 0 aromatic rings. The maximum atomic E-state index is 10.6. The lowest BCUT2D eigenvalue weighted by atomic mass is 10.4. The van der Waals surface area contributed by atoms with E-state index in [1.165, 1.54) is 0 Å². The van der Waals surface area contributed by atoms with Gasteiger partial charge in [-0.2, -0.15) is 0 Å². The van der Waals surface area contributed by atoms with Gasteiger partial charge in [-0.1, -0.05) is 0 Å². The molecule has 0 aliphatic carbocycles. The number of aliphatic carboxylic acids is 2. The van der Waals surface area contributed by atoms with Crippen LogP contribution in [0.2, 0.25) is 0 Å². The molecule has 0 atom stereocenters. The van der Waals surface area contributed by atoms with E-state index in [9.17, 15) is 19.2 Å². The van der Waals surface area contributed by atoms with Gasteiger partial charge in [-0.3, -0.25) is 19.2 Å². The van der Waals surface area contributed by atoms with Gasteiger partial charge in [-0.05, 0) is 13.8 Å². The van der Waals surface area contributed by atoms with Crippen molar-refractivity contribution in [3.63, 3.8) is 0 Å². The molecule has 0 fully saturated rings. The lowest BCUT2D eigenvalue weighted by molar-refractivity contribution is -0.154. The number of carbonyl (C=O) groups is 4. The quantitative estimate of drug-likeness (QED) is 0.508. The Labute approximate surface area is 103 Å². The van der Waals surface area contributed by atoms with Crippen LogP contribution in [0, 0.1) is 0 Å². The molecule has 0 amide bonds. The van der Waals surface area contributed by atoms with E-state index in [0.717, 1.165) is 0 Å². The number of rotatable bonds is 6. The highest BCUT2D eigenvalue weighted by Crippen LogP contribution is 1.89. The predicted octanol–water partition coefficient (Wildman–Crippen LogP) is 0.0484. The largest absolute Gasteiger partial charge is 0.481 e. The molecular weight excluding hydrogens is 248 g/mol. The van der Waals surface area contributed by atoms with Crippen LogP contribution < -0.4 is 0 Å². The second-order valence-electron chi connectivity index (χ2n) is 2.75. The smallest absolute Gasteiger partial charge is 0.317 e. The summed E-state index contributed by atoms with van der Waals surface area (Å²) in [6.45, 7) is 3.95. The molecule has 0 rings (SSSR count). The maximum Gasteiger partial charge on any atom is 0.317 e. The molecule has 104 valence electrons. The van der Waals surface area contributed by atoms with Crippen LogP contribution in [-0.2, 0) is 28.7 Å². The molecule has 0 unspecified atom stereocenters. The Kier molecular flexibility index (Phi) is 11.5. The molecule has 8 heteroatoms. The first-order valence-corrected chi connectivity index (χ1v) is 5.08. The van der Waals surface area contributed by atoms with Gasteiger partial charge in [0.2, 0.25) is 0 Å². The maximum absolute atomic E-state index is 10.6. The van der Waals surface area contributed by atoms with Crippen LogP contribution in [-0.4, -0.2) is 47.3 Å². The Hall–Kier alpha value is -2.12. The van der Waals surface area contributed by atoms with E-state index in [2.05, 4.69) is 9.47 Å². The Morgan fingerprint density at radius 1 is 0.778 bits per heavy atom. The average Bonchev–Trinajstić information content (AvgIpc) is 2.16. The second kappa shape index (κ2) is 11.4. The first-order valence-electron chi connectivity index (χ1n) is 5.08. The highest BCUT2D eigenvalue weighted by molar-refractivity contribution is 5.91. The third-order valence-corrected chi connectivity index (χ3v) is 1.20. The summed E-state index contributed by atoms with van der Waals surface area (Å²) in [4.78, 5) is 40.1. The van der Waals surface area contributed by atoms with Gasteiger partial charge >= 0.3 is 23.9 Å². The third-order valence-electron chi connectivity index (χ3n) is 1.20. The van der Waals surface area contributed by atoms with Gasteiger partial charge in [0.25, 0.3) is 0 Å². The summed E-state index contributed by atoms with van der Waals surface area (Å²) in [5.41, 5.74) is 0. The lowest BCUT2D eigenvalue weighted by Gasteiger charge is -2.00. The molecule has 0 aromatic heterocycles. The third kappa shape index (κ3) is 16.3. The van der Waals surface area contributed by atoms with Gasteiger partial charge in [0.15, 0.2) is 0 Å². The number of hydrogen-bond donors (Lipinski definition) is 2. The molecule has 18 heavy (non-hydrogen) atoms. The van der Waals surface area contributed by atoms with Crippen molar-refractivity contribution < 1.29 is 38.9 Å². The van der Waals surface area contributed by atoms with Gasteiger partial charge in [-0.25, -0.2) is 0 Å². The summed E-state index contributed by atoms with van der Waals surface area (Å²) in [7, 11) is 0. The van der Waals surface area contributed by atoms with Gasteiger partial charge in [0, 0.05) is 0 Å². The number of carboxylic acids is 2. The number of carbonyl (C=O) groups excluding carboxylic acids is 2. The average molecular weight is 264 g/mol. The molecule has 0 aliphatic heterocycles. The molecule has 0 saturated carbocycles. The number of hydrogen-bond acceptors (Lipinski definition) is 6. The number of ether oxygens (including phenoxy) is 2. The summed E-state index contributed by atoms with van der Waals surface area (Å²) in [5, 5.41) is 15.4. The molecule has 0 heterocycles. The zero-order chi connectivity index (χ0) is 14.6. The Morgan fingerprint density at radius 2 is 1.11 bits per heavy atom. The van der Waals surface area contributed by atoms with Crippen molar-refractivity contribution in [1.82, 2.24) is 0 Å². The van der Waals surface area contributed by atoms with Gasteiger partial charge < -0.3 is 19.7 Å². The minimum absolute atomic E-state index is 0.290. The van der Waals surface area contributed by atoms with Crippen LogP contribution in [0.5, 0.6) is 0 Å². The molecule has 0 aliphatic rings. The molecule has 0 aromatic carbocycles. The molecule has 2 N–H and O–H groups in total. The summed E-state index contributed by atoms with van der Waals surface area (Å²) in [6, 6.07) is 0. The summed E-state index contributed by atoms with van der Waals surface area (Å²) in [5.74, 6) is -3.70. The topological polar surface area (TPSA) is 127 Å². The van der Waals surface area contributed by atoms with E-state index in [0.29, 0.717) is 0 Å². The fourth-order valence-electron chi connectivity index (χ4n) is 0.671. The van der Waals surface area contributed by atoms with Crippen LogP contribution in [0.25, 0.3) is 0 Å². The fourth-order valence-corrected chi connectivity index (χ4v) is 0.671.